The summed E-state index contributed by atoms with van der Waals surface area (Å²) in [7, 11) is 0. The molecule has 4 rings (SSSR count). The van der Waals surface area contributed by atoms with Crippen molar-refractivity contribution < 1.29 is 9.53 Å². The number of imidazole rings is 1. The van der Waals surface area contributed by atoms with Gasteiger partial charge in [-0.25, -0.2) is 15.0 Å². The second kappa shape index (κ2) is 7.22. The molecule has 0 saturated carbocycles. The fourth-order valence-corrected chi connectivity index (χ4v) is 3.54. The third-order valence-electron chi connectivity index (χ3n) is 4.94. The minimum atomic E-state index is -0.113. The van der Waals surface area contributed by atoms with Crippen molar-refractivity contribution in [3.8, 4) is 5.82 Å². The van der Waals surface area contributed by atoms with Crippen molar-refractivity contribution in [1.29, 1.82) is 0 Å². The van der Waals surface area contributed by atoms with Gasteiger partial charge in [0.15, 0.2) is 11.6 Å². The number of anilines is 2. The number of ether oxygens (including phenoxy) is 1. The van der Waals surface area contributed by atoms with Crippen LogP contribution in [0.25, 0.3) is 16.9 Å². The number of aromatic nitrogens is 4. The molecule has 0 unspecified atom stereocenters. The van der Waals surface area contributed by atoms with Gasteiger partial charge in [0, 0.05) is 13.1 Å². The minimum Gasteiger partial charge on any atom is -0.466 e. The van der Waals surface area contributed by atoms with E-state index in [0.29, 0.717) is 37.0 Å². The maximum atomic E-state index is 11.9. The Labute approximate surface area is 157 Å². The molecule has 1 fully saturated rings. The Kier molecular flexibility index (Phi) is 4.62. The molecule has 0 radical (unpaired) electrons. The van der Waals surface area contributed by atoms with Crippen LogP contribution in [0, 0.1) is 5.92 Å². The number of fused-ring (bicyclic) bond motifs is 1. The Morgan fingerprint density at radius 3 is 2.70 bits per heavy atom. The Morgan fingerprint density at radius 2 is 1.93 bits per heavy atom. The Morgan fingerprint density at radius 1 is 1.19 bits per heavy atom. The van der Waals surface area contributed by atoms with E-state index < -0.39 is 0 Å². The van der Waals surface area contributed by atoms with Gasteiger partial charge in [0.1, 0.15) is 18.3 Å². The van der Waals surface area contributed by atoms with Crippen LogP contribution < -0.4 is 10.6 Å². The van der Waals surface area contributed by atoms with Crippen LogP contribution in [0.15, 0.2) is 36.9 Å². The minimum absolute atomic E-state index is 0.0543. The Hall–Kier alpha value is -3.16. The summed E-state index contributed by atoms with van der Waals surface area (Å²) in [4.78, 5) is 27.2. The summed E-state index contributed by atoms with van der Waals surface area (Å²) in [6.07, 6.45) is 4.70. The van der Waals surface area contributed by atoms with Gasteiger partial charge in [-0.15, -0.1) is 0 Å². The lowest BCUT2D eigenvalue weighted by Crippen LogP contribution is -2.38. The highest BCUT2D eigenvalue weighted by Crippen LogP contribution is 2.30. The zero-order valence-electron chi connectivity index (χ0n) is 15.2. The van der Waals surface area contributed by atoms with Crippen LogP contribution in [0.1, 0.15) is 19.8 Å². The third kappa shape index (κ3) is 3.18. The summed E-state index contributed by atoms with van der Waals surface area (Å²) >= 11 is 0. The van der Waals surface area contributed by atoms with Crippen LogP contribution in [-0.2, 0) is 9.53 Å². The molecule has 140 valence electrons. The molecular formula is C19H22N6O2. The molecule has 27 heavy (non-hydrogen) atoms. The molecule has 1 saturated heterocycles. The van der Waals surface area contributed by atoms with Gasteiger partial charge in [0.05, 0.1) is 23.6 Å². The lowest BCUT2D eigenvalue weighted by Gasteiger charge is -2.32. The van der Waals surface area contributed by atoms with Gasteiger partial charge in [0.2, 0.25) is 0 Å². The van der Waals surface area contributed by atoms with Gasteiger partial charge in [-0.3, -0.25) is 9.36 Å². The summed E-state index contributed by atoms with van der Waals surface area (Å²) in [6, 6.07) is 7.83. The van der Waals surface area contributed by atoms with Crippen LogP contribution in [0.2, 0.25) is 0 Å². The topological polar surface area (TPSA) is 99.2 Å². The van der Waals surface area contributed by atoms with Crippen LogP contribution in [0.3, 0.4) is 0 Å². The van der Waals surface area contributed by atoms with E-state index in [1.165, 1.54) is 6.33 Å². The highest BCUT2D eigenvalue weighted by Gasteiger charge is 2.28. The fourth-order valence-electron chi connectivity index (χ4n) is 3.54. The van der Waals surface area contributed by atoms with E-state index in [1.54, 1.807) is 6.33 Å². The number of benzene rings is 1. The van der Waals surface area contributed by atoms with Gasteiger partial charge in [-0.2, -0.15) is 0 Å². The van der Waals surface area contributed by atoms with Crippen molar-refractivity contribution in [2.45, 2.75) is 19.8 Å². The molecule has 1 aliphatic rings. The quantitative estimate of drug-likeness (QED) is 0.707. The Bertz CT molecular complexity index is 962. The summed E-state index contributed by atoms with van der Waals surface area (Å²) in [5, 5.41) is 0. The summed E-state index contributed by atoms with van der Waals surface area (Å²) in [6.45, 7) is 3.65. The summed E-state index contributed by atoms with van der Waals surface area (Å²) in [5.74, 6) is 1.14. The molecule has 2 aromatic heterocycles. The van der Waals surface area contributed by atoms with E-state index in [9.17, 15) is 4.79 Å². The molecule has 2 N–H and O–H groups in total. The first kappa shape index (κ1) is 17.3. The van der Waals surface area contributed by atoms with Crippen molar-refractivity contribution >= 4 is 28.5 Å². The zero-order valence-corrected chi connectivity index (χ0v) is 15.2. The number of nitrogen functional groups attached to an aromatic ring is 1. The van der Waals surface area contributed by atoms with Gasteiger partial charge in [-0.05, 0) is 31.9 Å². The van der Waals surface area contributed by atoms with Crippen molar-refractivity contribution in [1.82, 2.24) is 19.5 Å². The third-order valence-corrected chi connectivity index (χ3v) is 4.94. The molecule has 0 atom stereocenters. The number of para-hydroxylation sites is 2. The number of carbonyl (C=O) groups excluding carboxylic acids is 1. The summed E-state index contributed by atoms with van der Waals surface area (Å²) < 4.78 is 7.01. The molecule has 1 aliphatic heterocycles. The number of nitrogens with two attached hydrogens (primary N) is 1. The van der Waals surface area contributed by atoms with E-state index in [2.05, 4.69) is 19.9 Å². The van der Waals surface area contributed by atoms with E-state index in [4.69, 9.17) is 10.5 Å². The van der Waals surface area contributed by atoms with E-state index >= 15 is 0 Å². The van der Waals surface area contributed by atoms with Crippen molar-refractivity contribution in [3.05, 3.63) is 36.9 Å². The van der Waals surface area contributed by atoms with E-state index in [0.717, 1.165) is 23.9 Å². The lowest BCUT2D eigenvalue weighted by molar-refractivity contribution is -0.148. The first-order chi connectivity index (χ1) is 13.2. The van der Waals surface area contributed by atoms with Gasteiger partial charge >= 0.3 is 5.97 Å². The maximum absolute atomic E-state index is 11.9. The molecule has 8 nitrogen and oxygen atoms in total. The van der Waals surface area contributed by atoms with Gasteiger partial charge < -0.3 is 15.4 Å². The van der Waals surface area contributed by atoms with E-state index in [1.807, 2.05) is 35.8 Å². The highest BCUT2D eigenvalue weighted by molar-refractivity contribution is 5.80. The second-order valence-corrected chi connectivity index (χ2v) is 6.55. The average molecular weight is 366 g/mol. The molecule has 0 amide bonds. The first-order valence-corrected chi connectivity index (χ1v) is 9.13. The van der Waals surface area contributed by atoms with Gasteiger partial charge in [0.25, 0.3) is 0 Å². The van der Waals surface area contributed by atoms with E-state index in [-0.39, 0.29) is 11.9 Å². The lowest BCUT2D eigenvalue weighted by atomic mass is 9.97. The first-order valence-electron chi connectivity index (χ1n) is 9.13. The number of piperidine rings is 1. The predicted octanol–water partition coefficient (Wildman–Crippen LogP) is 2.18. The molecule has 8 heteroatoms. The molecule has 3 aromatic rings. The van der Waals surface area contributed by atoms with Crippen molar-refractivity contribution in [2.75, 3.05) is 30.3 Å². The molecular weight excluding hydrogens is 344 g/mol. The molecule has 0 aliphatic carbocycles. The molecule has 1 aromatic carbocycles. The number of rotatable bonds is 4. The van der Waals surface area contributed by atoms with Crippen LogP contribution in [0.5, 0.6) is 0 Å². The fraction of sp³-hybridized carbons (Fsp3) is 0.368. The van der Waals surface area contributed by atoms with Gasteiger partial charge in [-0.1, -0.05) is 12.1 Å². The highest BCUT2D eigenvalue weighted by atomic mass is 16.5. The number of esters is 1. The second-order valence-electron chi connectivity index (χ2n) is 6.55. The number of nitrogens with zero attached hydrogens (tertiary/aromatic N) is 5. The molecule has 3 heterocycles. The predicted molar refractivity (Wildman–Crippen MR) is 103 cm³/mol. The molecule has 0 spiro atoms. The SMILES string of the molecule is CCOC(=O)C1CCN(c2ncnc(-n3cnc4ccccc43)c2N)CC1. The van der Waals surface area contributed by atoms with Crippen molar-refractivity contribution in [2.24, 2.45) is 5.92 Å². The average Bonchev–Trinajstić information content (AvgIpc) is 3.12. The van der Waals surface area contributed by atoms with Crippen LogP contribution >= 0.6 is 0 Å². The summed E-state index contributed by atoms with van der Waals surface area (Å²) in [5.41, 5.74) is 8.76. The zero-order chi connectivity index (χ0) is 18.8. The largest absolute Gasteiger partial charge is 0.466 e. The van der Waals surface area contributed by atoms with Crippen LogP contribution in [-0.4, -0.2) is 45.2 Å². The van der Waals surface area contributed by atoms with Crippen LogP contribution in [0.4, 0.5) is 11.5 Å². The smallest absolute Gasteiger partial charge is 0.309 e. The standard InChI is InChI=1S/C19H22N6O2/c1-2-27-19(26)13-7-9-24(10-8-13)17-16(20)18(22-11-21-17)25-12-23-14-5-3-4-6-15(14)25/h3-6,11-13H,2,7-10,20H2,1H3. The van der Waals surface area contributed by atoms with Crippen molar-refractivity contribution in [3.63, 3.8) is 0 Å². The Balaban J connectivity index is 1.59. The number of hydrogen-bond acceptors (Lipinski definition) is 7. The number of hydrogen-bond donors (Lipinski definition) is 1. The number of carbonyl (C=O) groups is 1. The maximum Gasteiger partial charge on any atom is 0.309 e. The monoisotopic (exact) mass is 366 g/mol. The normalized spacial score (nSPS) is 15.2. The molecule has 0 bridgehead atoms.